The van der Waals surface area contributed by atoms with Crippen molar-refractivity contribution in [3.63, 3.8) is 0 Å². The van der Waals surface area contributed by atoms with Gasteiger partial charge in [-0.1, -0.05) is 0 Å². The van der Waals surface area contributed by atoms with Gasteiger partial charge in [0.1, 0.15) is 5.75 Å². The summed E-state index contributed by atoms with van der Waals surface area (Å²) < 4.78 is 11.2. The van der Waals surface area contributed by atoms with Crippen LogP contribution < -0.4 is 4.74 Å². The van der Waals surface area contributed by atoms with Crippen LogP contribution in [0, 0.1) is 16.7 Å². The monoisotopic (exact) mass is 263 g/mol. The molecule has 0 saturated carbocycles. The molecule has 1 aromatic carbocycles. The van der Waals surface area contributed by atoms with E-state index in [1.165, 1.54) is 0 Å². The molecule has 0 N–H and O–H groups in total. The van der Waals surface area contributed by atoms with Crippen molar-refractivity contribution in [2.45, 2.75) is 12.8 Å². The zero-order chi connectivity index (χ0) is 12.8. The van der Waals surface area contributed by atoms with E-state index in [9.17, 15) is 0 Å². The molecule has 18 heavy (non-hydrogen) atoms. The highest BCUT2D eigenvalue weighted by molar-refractivity contribution is 7.80. The standard InChI is InChI=1S/C14H17NO2S/c15-9-12-1-3-13(4-2-12)17-10-14(11-18)5-7-16-8-6-14/h1-4,18H,5-8,10-11H2. The summed E-state index contributed by atoms with van der Waals surface area (Å²) in [6.07, 6.45) is 1.99. The number of nitrogens with zero attached hydrogens (tertiary/aromatic N) is 1. The summed E-state index contributed by atoms with van der Waals surface area (Å²) in [4.78, 5) is 0. The first kappa shape index (κ1) is 13.3. The van der Waals surface area contributed by atoms with Crippen molar-refractivity contribution in [3.8, 4) is 11.8 Å². The molecular weight excluding hydrogens is 246 g/mol. The summed E-state index contributed by atoms with van der Waals surface area (Å²) in [6.45, 7) is 2.24. The zero-order valence-electron chi connectivity index (χ0n) is 10.3. The minimum atomic E-state index is 0.120. The molecular formula is C14H17NO2S. The Kier molecular flexibility index (Phi) is 4.51. The van der Waals surface area contributed by atoms with Crippen molar-refractivity contribution >= 4 is 12.6 Å². The van der Waals surface area contributed by atoms with Gasteiger partial charge in [0.15, 0.2) is 0 Å². The summed E-state index contributed by atoms with van der Waals surface area (Å²) in [5.74, 6) is 1.62. The zero-order valence-corrected chi connectivity index (χ0v) is 11.2. The molecule has 96 valence electrons. The van der Waals surface area contributed by atoms with Crippen LogP contribution in [0.15, 0.2) is 24.3 Å². The Morgan fingerprint density at radius 3 is 2.50 bits per heavy atom. The van der Waals surface area contributed by atoms with Crippen molar-refractivity contribution in [2.24, 2.45) is 5.41 Å². The maximum atomic E-state index is 8.73. The molecule has 3 nitrogen and oxygen atoms in total. The minimum absolute atomic E-state index is 0.120. The highest BCUT2D eigenvalue weighted by Gasteiger charge is 2.32. The molecule has 0 radical (unpaired) electrons. The van der Waals surface area contributed by atoms with E-state index in [0.717, 1.165) is 37.6 Å². The fraction of sp³-hybridized carbons (Fsp3) is 0.500. The van der Waals surface area contributed by atoms with Gasteiger partial charge in [-0.05, 0) is 42.9 Å². The quantitative estimate of drug-likeness (QED) is 0.849. The topological polar surface area (TPSA) is 42.2 Å². The molecule has 0 atom stereocenters. The minimum Gasteiger partial charge on any atom is -0.493 e. The molecule has 1 aliphatic heterocycles. The van der Waals surface area contributed by atoms with Crippen LogP contribution in [0.3, 0.4) is 0 Å². The molecule has 0 bridgehead atoms. The Hall–Kier alpha value is -1.18. The third-order valence-electron chi connectivity index (χ3n) is 3.42. The van der Waals surface area contributed by atoms with Crippen molar-refractivity contribution in [3.05, 3.63) is 29.8 Å². The second-order valence-electron chi connectivity index (χ2n) is 4.70. The van der Waals surface area contributed by atoms with Crippen LogP contribution in [0.1, 0.15) is 18.4 Å². The van der Waals surface area contributed by atoms with Crippen LogP contribution in [-0.2, 0) is 4.74 Å². The normalized spacial score (nSPS) is 18.0. The van der Waals surface area contributed by atoms with Gasteiger partial charge in [0.25, 0.3) is 0 Å². The van der Waals surface area contributed by atoms with E-state index in [0.29, 0.717) is 12.2 Å². The van der Waals surface area contributed by atoms with Crippen LogP contribution in [0.5, 0.6) is 5.75 Å². The molecule has 0 unspecified atom stereocenters. The molecule has 0 spiro atoms. The molecule has 1 saturated heterocycles. The van der Waals surface area contributed by atoms with E-state index < -0.39 is 0 Å². The smallest absolute Gasteiger partial charge is 0.119 e. The van der Waals surface area contributed by atoms with Gasteiger partial charge in [-0.25, -0.2) is 0 Å². The number of hydrogen-bond donors (Lipinski definition) is 1. The Morgan fingerprint density at radius 1 is 1.28 bits per heavy atom. The molecule has 0 aliphatic carbocycles. The summed E-state index contributed by atoms with van der Waals surface area (Å²) in [5, 5.41) is 8.73. The van der Waals surface area contributed by atoms with Gasteiger partial charge in [-0.15, -0.1) is 0 Å². The average molecular weight is 263 g/mol. The fourth-order valence-electron chi connectivity index (χ4n) is 2.01. The summed E-state index contributed by atoms with van der Waals surface area (Å²) >= 11 is 4.45. The lowest BCUT2D eigenvalue weighted by atomic mass is 9.83. The molecule has 4 heteroatoms. The molecule has 1 fully saturated rings. The summed E-state index contributed by atoms with van der Waals surface area (Å²) in [6, 6.07) is 9.31. The van der Waals surface area contributed by atoms with E-state index in [1.807, 2.05) is 12.1 Å². The molecule has 0 amide bonds. The predicted octanol–water partition coefficient (Wildman–Crippen LogP) is 2.66. The Bertz CT molecular complexity index is 418. The van der Waals surface area contributed by atoms with Gasteiger partial charge in [0.05, 0.1) is 18.2 Å². The second-order valence-corrected chi connectivity index (χ2v) is 5.01. The van der Waals surface area contributed by atoms with Crippen molar-refractivity contribution in [2.75, 3.05) is 25.6 Å². The Labute approximate surface area is 113 Å². The van der Waals surface area contributed by atoms with E-state index >= 15 is 0 Å². The first-order valence-corrected chi connectivity index (χ1v) is 6.73. The Morgan fingerprint density at radius 2 is 1.94 bits per heavy atom. The fourth-order valence-corrected chi connectivity index (χ4v) is 2.42. The molecule has 1 aliphatic rings. The number of benzene rings is 1. The SMILES string of the molecule is N#Cc1ccc(OCC2(CS)CCOCC2)cc1. The van der Waals surface area contributed by atoms with Gasteiger partial charge in [-0.2, -0.15) is 17.9 Å². The number of hydrogen-bond acceptors (Lipinski definition) is 4. The van der Waals surface area contributed by atoms with Crippen molar-refractivity contribution in [1.29, 1.82) is 5.26 Å². The average Bonchev–Trinajstić information content (AvgIpc) is 2.47. The molecule has 1 aromatic rings. The van der Waals surface area contributed by atoms with Crippen LogP contribution in [0.4, 0.5) is 0 Å². The third kappa shape index (κ3) is 3.18. The van der Waals surface area contributed by atoms with Gasteiger partial charge >= 0.3 is 0 Å². The first-order valence-electron chi connectivity index (χ1n) is 6.10. The van der Waals surface area contributed by atoms with Crippen molar-refractivity contribution < 1.29 is 9.47 Å². The lowest BCUT2D eigenvalue weighted by Gasteiger charge is -2.35. The largest absolute Gasteiger partial charge is 0.493 e. The van der Waals surface area contributed by atoms with E-state index in [2.05, 4.69) is 18.7 Å². The highest BCUT2D eigenvalue weighted by atomic mass is 32.1. The lowest BCUT2D eigenvalue weighted by molar-refractivity contribution is 0.00311. The van der Waals surface area contributed by atoms with E-state index in [4.69, 9.17) is 14.7 Å². The Balaban J connectivity index is 1.94. The number of nitriles is 1. The van der Waals surface area contributed by atoms with Crippen LogP contribution in [0.25, 0.3) is 0 Å². The van der Waals surface area contributed by atoms with Crippen molar-refractivity contribution in [1.82, 2.24) is 0 Å². The second kappa shape index (κ2) is 6.12. The van der Waals surface area contributed by atoms with Gasteiger partial charge in [0.2, 0.25) is 0 Å². The summed E-state index contributed by atoms with van der Waals surface area (Å²) in [7, 11) is 0. The number of rotatable bonds is 4. The maximum Gasteiger partial charge on any atom is 0.119 e. The predicted molar refractivity (Wildman–Crippen MR) is 73.0 cm³/mol. The molecule has 2 rings (SSSR count). The van der Waals surface area contributed by atoms with Crippen LogP contribution in [0.2, 0.25) is 0 Å². The number of thiol groups is 1. The molecule has 0 aromatic heterocycles. The van der Waals surface area contributed by atoms with Gasteiger partial charge in [0, 0.05) is 18.6 Å². The lowest BCUT2D eigenvalue weighted by Crippen LogP contribution is -2.36. The molecule has 1 heterocycles. The highest BCUT2D eigenvalue weighted by Crippen LogP contribution is 2.32. The first-order chi connectivity index (χ1) is 8.78. The van der Waals surface area contributed by atoms with Gasteiger partial charge < -0.3 is 9.47 Å². The maximum absolute atomic E-state index is 8.73. The van der Waals surface area contributed by atoms with Gasteiger partial charge in [-0.3, -0.25) is 0 Å². The third-order valence-corrected chi connectivity index (χ3v) is 4.09. The number of ether oxygens (including phenoxy) is 2. The van der Waals surface area contributed by atoms with Crippen LogP contribution in [-0.4, -0.2) is 25.6 Å². The van der Waals surface area contributed by atoms with E-state index in [1.54, 1.807) is 12.1 Å². The van der Waals surface area contributed by atoms with Crippen LogP contribution >= 0.6 is 12.6 Å². The van der Waals surface area contributed by atoms with E-state index in [-0.39, 0.29) is 5.41 Å². The summed E-state index contributed by atoms with van der Waals surface area (Å²) in [5.41, 5.74) is 0.771.